The van der Waals surface area contributed by atoms with Gasteiger partial charge in [0, 0.05) is 19.7 Å². The molecule has 0 aromatic heterocycles. The van der Waals surface area contributed by atoms with Crippen molar-refractivity contribution in [1.82, 2.24) is 9.80 Å². The van der Waals surface area contributed by atoms with Crippen LogP contribution in [0.1, 0.15) is 13.3 Å². The Kier molecular flexibility index (Phi) is 5.61. The summed E-state index contributed by atoms with van der Waals surface area (Å²) in [6.07, 6.45) is -4.43. The highest BCUT2D eigenvalue weighted by Gasteiger charge is 2.36. The quantitative estimate of drug-likeness (QED) is 0.849. The predicted octanol–water partition coefficient (Wildman–Crippen LogP) is 1.17. The lowest BCUT2D eigenvalue weighted by atomic mass is 10.3. The minimum absolute atomic E-state index is 0.146. The van der Waals surface area contributed by atoms with E-state index in [0.29, 0.717) is 17.9 Å². The van der Waals surface area contributed by atoms with Gasteiger partial charge in [-0.2, -0.15) is 13.2 Å². The van der Waals surface area contributed by atoms with Crippen molar-refractivity contribution in [2.75, 3.05) is 32.8 Å². The fourth-order valence-corrected chi connectivity index (χ4v) is 1.94. The van der Waals surface area contributed by atoms with Crippen LogP contribution in [-0.2, 0) is 9.53 Å². The highest BCUT2D eigenvalue weighted by Crippen LogP contribution is 2.18. The molecular weight excluding hydrogens is 281 g/mol. The van der Waals surface area contributed by atoms with Crippen LogP contribution in [0.4, 0.5) is 18.0 Å². The summed E-state index contributed by atoms with van der Waals surface area (Å²) in [6, 6.07) is -0.929. The summed E-state index contributed by atoms with van der Waals surface area (Å²) in [4.78, 5) is 24.1. The Morgan fingerprint density at radius 3 is 2.65 bits per heavy atom. The lowest BCUT2D eigenvalue weighted by Crippen LogP contribution is -2.50. The van der Waals surface area contributed by atoms with E-state index in [9.17, 15) is 22.8 Å². The van der Waals surface area contributed by atoms with Gasteiger partial charge < -0.3 is 19.6 Å². The van der Waals surface area contributed by atoms with Gasteiger partial charge in [0.1, 0.15) is 13.1 Å². The van der Waals surface area contributed by atoms with Crippen LogP contribution in [-0.4, -0.2) is 72.0 Å². The number of hydrogen-bond donors (Lipinski definition) is 1. The molecule has 1 rings (SSSR count). The molecule has 0 aromatic rings. The third kappa shape index (κ3) is 5.64. The van der Waals surface area contributed by atoms with Crippen molar-refractivity contribution >= 4 is 12.0 Å². The molecule has 1 atom stereocenters. The van der Waals surface area contributed by atoms with Crippen molar-refractivity contribution in [3.8, 4) is 0 Å². The monoisotopic (exact) mass is 298 g/mol. The first kappa shape index (κ1) is 16.5. The summed E-state index contributed by atoms with van der Waals surface area (Å²) in [5.41, 5.74) is 0. The predicted molar refractivity (Wildman–Crippen MR) is 62.3 cm³/mol. The minimum atomic E-state index is -4.64. The Morgan fingerprint density at radius 1 is 1.45 bits per heavy atom. The fourth-order valence-electron chi connectivity index (χ4n) is 1.94. The van der Waals surface area contributed by atoms with Crippen molar-refractivity contribution in [2.45, 2.75) is 25.6 Å². The second-order valence-corrected chi connectivity index (χ2v) is 4.63. The van der Waals surface area contributed by atoms with Gasteiger partial charge >= 0.3 is 18.2 Å². The van der Waals surface area contributed by atoms with E-state index in [1.54, 1.807) is 6.92 Å². The first-order valence-electron chi connectivity index (χ1n) is 6.13. The molecule has 1 heterocycles. The van der Waals surface area contributed by atoms with E-state index < -0.39 is 31.3 Å². The number of carbonyl (C=O) groups excluding carboxylic acids is 1. The summed E-state index contributed by atoms with van der Waals surface area (Å²) >= 11 is 0. The number of carboxylic acids is 1. The third-order valence-electron chi connectivity index (χ3n) is 2.69. The minimum Gasteiger partial charge on any atom is -0.480 e. The van der Waals surface area contributed by atoms with Gasteiger partial charge in [0.05, 0.1) is 6.10 Å². The molecule has 0 bridgehead atoms. The van der Waals surface area contributed by atoms with Crippen LogP contribution < -0.4 is 0 Å². The average Bonchev–Trinajstić information content (AvgIpc) is 2.49. The summed E-state index contributed by atoms with van der Waals surface area (Å²) in [5.74, 6) is -1.48. The van der Waals surface area contributed by atoms with E-state index in [4.69, 9.17) is 9.84 Å². The maximum Gasteiger partial charge on any atom is 0.406 e. The Labute approximate surface area is 114 Å². The molecule has 0 saturated carbocycles. The molecule has 1 aliphatic heterocycles. The van der Waals surface area contributed by atoms with Crippen LogP contribution in [0.15, 0.2) is 0 Å². The van der Waals surface area contributed by atoms with Gasteiger partial charge in [0.2, 0.25) is 0 Å². The number of aliphatic carboxylic acids is 1. The van der Waals surface area contributed by atoms with Crippen LogP contribution in [0.2, 0.25) is 0 Å². The van der Waals surface area contributed by atoms with Crippen molar-refractivity contribution in [1.29, 1.82) is 0 Å². The van der Waals surface area contributed by atoms with E-state index in [2.05, 4.69) is 0 Å². The van der Waals surface area contributed by atoms with Gasteiger partial charge in [-0.1, -0.05) is 0 Å². The molecular formula is C11H17F3N2O4. The van der Waals surface area contributed by atoms with Gasteiger partial charge in [-0.15, -0.1) is 0 Å². The lowest BCUT2D eigenvalue weighted by Gasteiger charge is -2.30. The number of ether oxygens (including phenoxy) is 1. The molecule has 6 nitrogen and oxygen atoms in total. The molecule has 9 heteroatoms. The number of alkyl halides is 3. The molecule has 1 N–H and O–H groups in total. The second-order valence-electron chi connectivity index (χ2n) is 4.63. The normalized spacial score (nSPS) is 20.4. The summed E-state index contributed by atoms with van der Waals surface area (Å²) in [5, 5.41) is 8.63. The largest absolute Gasteiger partial charge is 0.480 e. The van der Waals surface area contributed by atoms with E-state index in [1.165, 1.54) is 4.90 Å². The summed E-state index contributed by atoms with van der Waals surface area (Å²) < 4.78 is 42.5. The number of halogens is 3. The molecule has 0 aromatic carbocycles. The van der Waals surface area contributed by atoms with Gasteiger partial charge in [0.15, 0.2) is 0 Å². The maximum atomic E-state index is 12.4. The smallest absolute Gasteiger partial charge is 0.406 e. The van der Waals surface area contributed by atoms with Crippen LogP contribution >= 0.6 is 0 Å². The third-order valence-corrected chi connectivity index (χ3v) is 2.69. The second kappa shape index (κ2) is 6.78. The molecule has 1 fully saturated rings. The van der Waals surface area contributed by atoms with Gasteiger partial charge in [-0.3, -0.25) is 4.79 Å². The van der Waals surface area contributed by atoms with Crippen LogP contribution in [0.25, 0.3) is 0 Å². The zero-order valence-corrected chi connectivity index (χ0v) is 11.0. The number of hydrogen-bond acceptors (Lipinski definition) is 3. The van der Waals surface area contributed by atoms with Crippen LogP contribution in [0, 0.1) is 0 Å². The average molecular weight is 298 g/mol. The van der Waals surface area contributed by atoms with E-state index >= 15 is 0 Å². The maximum absolute atomic E-state index is 12.4. The fraction of sp³-hybridized carbons (Fsp3) is 0.818. The molecule has 20 heavy (non-hydrogen) atoms. The van der Waals surface area contributed by atoms with Gasteiger partial charge in [0.25, 0.3) is 0 Å². The first-order chi connectivity index (χ1) is 9.19. The molecule has 1 unspecified atom stereocenters. The highest BCUT2D eigenvalue weighted by atomic mass is 19.4. The van der Waals surface area contributed by atoms with Crippen molar-refractivity contribution < 1.29 is 32.6 Å². The number of nitrogens with zero attached hydrogens (tertiary/aromatic N) is 2. The molecule has 0 spiro atoms. The molecule has 1 saturated heterocycles. The van der Waals surface area contributed by atoms with E-state index in [0.717, 1.165) is 0 Å². The zero-order valence-electron chi connectivity index (χ0n) is 11.0. The Bertz CT molecular complexity index is 362. The van der Waals surface area contributed by atoms with E-state index in [-0.39, 0.29) is 19.2 Å². The molecule has 1 aliphatic rings. The number of carboxylic acid groups (broad SMARTS) is 1. The number of rotatable bonds is 3. The number of amides is 2. The molecule has 0 aliphatic carbocycles. The van der Waals surface area contributed by atoms with Crippen LogP contribution in [0.3, 0.4) is 0 Å². The molecule has 0 radical (unpaired) electrons. The summed E-state index contributed by atoms with van der Waals surface area (Å²) in [7, 11) is 0. The zero-order chi connectivity index (χ0) is 15.3. The van der Waals surface area contributed by atoms with Crippen molar-refractivity contribution in [2.24, 2.45) is 0 Å². The molecule has 116 valence electrons. The van der Waals surface area contributed by atoms with Gasteiger partial charge in [-0.05, 0) is 13.3 Å². The summed E-state index contributed by atoms with van der Waals surface area (Å²) in [6.45, 7) is -0.0437. The topological polar surface area (TPSA) is 70.1 Å². The van der Waals surface area contributed by atoms with Crippen molar-refractivity contribution in [3.05, 3.63) is 0 Å². The Balaban J connectivity index is 2.77. The van der Waals surface area contributed by atoms with E-state index in [1.807, 2.05) is 0 Å². The number of carbonyl (C=O) groups is 2. The highest BCUT2D eigenvalue weighted by molar-refractivity contribution is 5.80. The van der Waals surface area contributed by atoms with Crippen LogP contribution in [0.5, 0.6) is 0 Å². The number of urea groups is 1. The standard InChI is InChI=1S/C11H17F3N2O4/c1-8-5-15(3-2-4-20-8)10(19)16(6-9(17)18)7-11(12,13)14/h8H,2-7H2,1H3,(H,17,18). The lowest BCUT2D eigenvalue weighted by molar-refractivity contribution is -0.149. The first-order valence-corrected chi connectivity index (χ1v) is 6.13. The van der Waals surface area contributed by atoms with Crippen molar-refractivity contribution in [3.63, 3.8) is 0 Å². The SMILES string of the molecule is CC1CN(C(=O)N(CC(=O)O)CC(F)(F)F)CCCO1. The molecule has 2 amide bonds. The Hall–Kier alpha value is -1.51. The van der Waals surface area contributed by atoms with Gasteiger partial charge in [-0.25, -0.2) is 4.79 Å². The Morgan fingerprint density at radius 2 is 2.10 bits per heavy atom.